The van der Waals surface area contributed by atoms with Crippen LogP contribution < -0.4 is 5.32 Å². The number of carbonyl (C=O) groups is 1. The molecule has 1 aliphatic heterocycles. The van der Waals surface area contributed by atoms with Crippen molar-refractivity contribution < 1.29 is 13.2 Å². The number of nitrogens with one attached hydrogen (secondary N) is 1. The largest absolute Gasteiger partial charge is 0.301 e. The first kappa shape index (κ1) is 18.7. The minimum atomic E-state index is -3.66. The van der Waals surface area contributed by atoms with Crippen LogP contribution >= 0.6 is 22.7 Å². The molecule has 0 radical (unpaired) electrons. The fraction of sp³-hybridized carbons (Fsp3) is 0.200. The van der Waals surface area contributed by atoms with E-state index in [1.54, 1.807) is 17.5 Å². The fourth-order valence-corrected chi connectivity index (χ4v) is 7.49. The van der Waals surface area contributed by atoms with Gasteiger partial charge in [-0.2, -0.15) is 4.31 Å². The zero-order chi connectivity index (χ0) is 20.0. The minimum absolute atomic E-state index is 0.267. The van der Waals surface area contributed by atoms with E-state index >= 15 is 0 Å². The molecule has 1 amide bonds. The van der Waals surface area contributed by atoms with Crippen molar-refractivity contribution in [1.29, 1.82) is 0 Å². The molecule has 0 spiro atoms. The van der Waals surface area contributed by atoms with Crippen molar-refractivity contribution >= 4 is 64.7 Å². The average Bonchev–Trinajstić information content (AvgIpc) is 3.47. The second-order valence-electron chi connectivity index (χ2n) is 6.85. The summed E-state index contributed by atoms with van der Waals surface area (Å²) < 4.78 is 28.4. The Morgan fingerprint density at radius 2 is 2.00 bits per heavy atom. The van der Waals surface area contributed by atoms with Crippen molar-refractivity contribution in [3.05, 3.63) is 53.9 Å². The number of hydrogen-bond acceptors (Lipinski definition) is 6. The van der Waals surface area contributed by atoms with Crippen molar-refractivity contribution in [1.82, 2.24) is 9.29 Å². The van der Waals surface area contributed by atoms with Gasteiger partial charge in [-0.1, -0.05) is 47.7 Å². The van der Waals surface area contributed by atoms with Crippen LogP contribution in [-0.2, 0) is 14.8 Å². The van der Waals surface area contributed by atoms with Crippen LogP contribution in [0, 0.1) is 0 Å². The molecule has 3 heterocycles. The zero-order valence-electron chi connectivity index (χ0n) is 15.2. The Labute approximate surface area is 175 Å². The Balaban J connectivity index is 1.43. The molecule has 29 heavy (non-hydrogen) atoms. The number of carbonyl (C=O) groups excluding carboxylic acids is 1. The third-order valence-corrected chi connectivity index (χ3v) is 9.38. The van der Waals surface area contributed by atoms with Crippen LogP contribution in [0.3, 0.4) is 0 Å². The van der Waals surface area contributed by atoms with Gasteiger partial charge in [-0.15, -0.1) is 11.3 Å². The second kappa shape index (κ2) is 7.17. The molecule has 4 aromatic rings. The monoisotopic (exact) mass is 443 g/mol. The van der Waals surface area contributed by atoms with Gasteiger partial charge < -0.3 is 5.32 Å². The van der Waals surface area contributed by atoms with Gasteiger partial charge in [0, 0.05) is 11.9 Å². The van der Waals surface area contributed by atoms with E-state index in [0.717, 1.165) is 21.0 Å². The van der Waals surface area contributed by atoms with Crippen LogP contribution in [-0.4, -0.2) is 36.2 Å². The molecule has 148 valence electrons. The predicted molar refractivity (Wildman–Crippen MR) is 117 cm³/mol. The summed E-state index contributed by atoms with van der Waals surface area (Å²) in [6.07, 6.45) is 1.16. The molecule has 1 aliphatic rings. The highest BCUT2D eigenvalue weighted by atomic mass is 32.2. The lowest BCUT2D eigenvalue weighted by Crippen LogP contribution is -2.42. The molecular formula is C20H17N3O3S3. The maximum atomic E-state index is 12.9. The molecule has 2 aromatic carbocycles. The van der Waals surface area contributed by atoms with Gasteiger partial charge in [0.05, 0.1) is 10.2 Å². The van der Waals surface area contributed by atoms with E-state index in [2.05, 4.69) is 10.3 Å². The van der Waals surface area contributed by atoms with Gasteiger partial charge >= 0.3 is 0 Å². The molecule has 1 N–H and O–H groups in total. The lowest BCUT2D eigenvalue weighted by molar-refractivity contribution is -0.119. The number of hydrogen-bond donors (Lipinski definition) is 1. The summed E-state index contributed by atoms with van der Waals surface area (Å²) >= 11 is 2.58. The number of benzene rings is 2. The fourth-order valence-electron chi connectivity index (χ4n) is 3.71. The highest BCUT2D eigenvalue weighted by Gasteiger charge is 2.40. The number of aromatic nitrogens is 1. The smallest absolute Gasteiger partial charge is 0.253 e. The lowest BCUT2D eigenvalue weighted by atomic mass is 10.1. The summed E-state index contributed by atoms with van der Waals surface area (Å²) in [7, 11) is -3.66. The molecule has 0 bridgehead atoms. The topological polar surface area (TPSA) is 79.4 Å². The zero-order valence-corrected chi connectivity index (χ0v) is 17.7. The van der Waals surface area contributed by atoms with Gasteiger partial charge in [0.15, 0.2) is 5.13 Å². The lowest BCUT2D eigenvalue weighted by Gasteiger charge is -2.22. The molecule has 1 atom stereocenters. The molecule has 9 heteroatoms. The summed E-state index contributed by atoms with van der Waals surface area (Å²) in [4.78, 5) is 17.5. The molecular weight excluding hydrogens is 426 g/mol. The third kappa shape index (κ3) is 3.24. The van der Waals surface area contributed by atoms with E-state index in [9.17, 15) is 13.2 Å². The average molecular weight is 444 g/mol. The normalized spacial score (nSPS) is 17.9. The van der Waals surface area contributed by atoms with E-state index in [4.69, 9.17) is 0 Å². The standard InChI is InChI=1S/C20H17N3O3S3/c24-19(16-7-3-11-23(16)29(25,26)17-8-4-12-27-17)22-20-21-15-10-9-13-5-1-2-6-14(13)18(15)28-20/h1-2,4-6,8-10,12,16H,3,7,11H2,(H,21,22,24). The van der Waals surface area contributed by atoms with Crippen molar-refractivity contribution in [2.45, 2.75) is 23.1 Å². The SMILES string of the molecule is O=C(Nc1nc2ccc3ccccc3c2s1)C1CCCN1S(=O)(=O)c1cccs1. The van der Waals surface area contributed by atoms with Gasteiger partial charge in [0.2, 0.25) is 5.91 Å². The molecule has 0 saturated carbocycles. The van der Waals surface area contributed by atoms with Crippen LogP contribution in [0.25, 0.3) is 21.0 Å². The first-order chi connectivity index (χ1) is 14.0. The molecule has 5 rings (SSSR count). The first-order valence-corrected chi connectivity index (χ1v) is 12.3. The molecule has 1 fully saturated rings. The molecule has 1 saturated heterocycles. The Hall–Kier alpha value is -2.33. The maximum Gasteiger partial charge on any atom is 0.253 e. The van der Waals surface area contributed by atoms with Crippen molar-refractivity contribution in [2.75, 3.05) is 11.9 Å². The van der Waals surface area contributed by atoms with Crippen LogP contribution in [0.2, 0.25) is 0 Å². The number of amides is 1. The van der Waals surface area contributed by atoms with Gasteiger partial charge in [-0.05, 0) is 35.7 Å². The number of nitrogens with zero attached hydrogens (tertiary/aromatic N) is 2. The van der Waals surface area contributed by atoms with Gasteiger partial charge in [0.1, 0.15) is 10.3 Å². The molecule has 6 nitrogen and oxygen atoms in total. The molecule has 1 unspecified atom stereocenters. The molecule has 2 aromatic heterocycles. The summed E-state index contributed by atoms with van der Waals surface area (Å²) in [5.41, 5.74) is 0.818. The highest BCUT2D eigenvalue weighted by molar-refractivity contribution is 7.91. The molecule has 0 aliphatic carbocycles. The Bertz CT molecular complexity index is 1310. The first-order valence-electron chi connectivity index (χ1n) is 9.18. The summed E-state index contributed by atoms with van der Waals surface area (Å²) in [6, 6.07) is 14.5. The number of thiazole rings is 1. The van der Waals surface area contributed by atoms with E-state index < -0.39 is 16.1 Å². The Morgan fingerprint density at radius 3 is 2.83 bits per heavy atom. The predicted octanol–water partition coefficient (Wildman–Crippen LogP) is 4.30. The number of sulfonamides is 1. The summed E-state index contributed by atoms with van der Waals surface area (Å²) in [5.74, 6) is -0.328. The second-order valence-corrected chi connectivity index (χ2v) is 10.9. The van der Waals surface area contributed by atoms with Gasteiger partial charge in [0.25, 0.3) is 10.0 Å². The van der Waals surface area contributed by atoms with Crippen LogP contribution in [0.1, 0.15) is 12.8 Å². The summed E-state index contributed by atoms with van der Waals surface area (Å²) in [6.45, 7) is 0.350. The van der Waals surface area contributed by atoms with Crippen molar-refractivity contribution in [3.63, 3.8) is 0 Å². The summed E-state index contributed by atoms with van der Waals surface area (Å²) in [5, 5.41) is 7.27. The van der Waals surface area contributed by atoms with Gasteiger partial charge in [-0.25, -0.2) is 13.4 Å². The highest BCUT2D eigenvalue weighted by Crippen LogP contribution is 2.34. The van der Waals surface area contributed by atoms with Crippen LogP contribution in [0.5, 0.6) is 0 Å². The maximum absolute atomic E-state index is 12.9. The third-order valence-electron chi connectivity index (χ3n) is 5.07. The number of rotatable bonds is 4. The number of fused-ring (bicyclic) bond motifs is 3. The van der Waals surface area contributed by atoms with E-state index in [-0.39, 0.29) is 10.1 Å². The Morgan fingerprint density at radius 1 is 1.14 bits per heavy atom. The number of thiophene rings is 1. The van der Waals surface area contributed by atoms with Gasteiger partial charge in [-0.3, -0.25) is 4.79 Å². The van der Waals surface area contributed by atoms with E-state index in [1.807, 2.05) is 36.4 Å². The van der Waals surface area contributed by atoms with Crippen molar-refractivity contribution in [3.8, 4) is 0 Å². The quantitative estimate of drug-likeness (QED) is 0.510. The minimum Gasteiger partial charge on any atom is -0.301 e. The Kier molecular flexibility index (Phi) is 4.62. The van der Waals surface area contributed by atoms with Crippen LogP contribution in [0.4, 0.5) is 5.13 Å². The van der Waals surface area contributed by atoms with Crippen LogP contribution in [0.15, 0.2) is 58.1 Å². The van der Waals surface area contributed by atoms with E-state index in [0.29, 0.717) is 24.5 Å². The van der Waals surface area contributed by atoms with Crippen molar-refractivity contribution in [2.24, 2.45) is 0 Å². The number of anilines is 1. The van der Waals surface area contributed by atoms with E-state index in [1.165, 1.54) is 27.0 Å².